The summed E-state index contributed by atoms with van der Waals surface area (Å²) in [5, 5.41) is 2.81. The number of carbonyl (C=O) groups is 1. The number of benzene rings is 2. The molecule has 0 unspecified atom stereocenters. The molecular formula is C23H29N3O5S. The molecule has 0 saturated carbocycles. The van der Waals surface area contributed by atoms with Crippen LogP contribution >= 0.6 is 0 Å². The Kier molecular flexibility index (Phi) is 6.86. The second-order valence-corrected chi connectivity index (χ2v) is 9.71. The van der Waals surface area contributed by atoms with Crippen LogP contribution < -0.4 is 19.7 Å². The van der Waals surface area contributed by atoms with Crippen LogP contribution in [0.15, 0.2) is 47.4 Å². The summed E-state index contributed by atoms with van der Waals surface area (Å²) in [5.74, 6) is 0.389. The summed E-state index contributed by atoms with van der Waals surface area (Å²) in [6.45, 7) is 2.16. The summed E-state index contributed by atoms with van der Waals surface area (Å²) < 4.78 is 40.1. The summed E-state index contributed by atoms with van der Waals surface area (Å²) in [6.07, 6.45) is 4.19. The highest BCUT2D eigenvalue weighted by Gasteiger charge is 2.27. The van der Waals surface area contributed by atoms with E-state index < -0.39 is 16.1 Å². The summed E-state index contributed by atoms with van der Waals surface area (Å²) in [6, 6.07) is 11.8. The predicted octanol–water partition coefficient (Wildman–Crippen LogP) is 3.60. The van der Waals surface area contributed by atoms with E-state index >= 15 is 0 Å². The molecule has 4 rings (SSSR count). The molecule has 0 aliphatic carbocycles. The van der Waals surface area contributed by atoms with Crippen molar-refractivity contribution in [3.05, 3.63) is 42.5 Å². The number of anilines is 3. The lowest BCUT2D eigenvalue weighted by Crippen LogP contribution is -2.31. The van der Waals surface area contributed by atoms with Gasteiger partial charge in [-0.05, 0) is 74.6 Å². The van der Waals surface area contributed by atoms with Crippen molar-refractivity contribution in [3.8, 4) is 5.75 Å². The average molecular weight is 460 g/mol. The van der Waals surface area contributed by atoms with E-state index in [9.17, 15) is 13.2 Å². The summed E-state index contributed by atoms with van der Waals surface area (Å²) >= 11 is 0. The first kappa shape index (κ1) is 22.4. The summed E-state index contributed by atoms with van der Waals surface area (Å²) in [4.78, 5) is 14.7. The van der Waals surface area contributed by atoms with Crippen molar-refractivity contribution in [1.29, 1.82) is 0 Å². The van der Waals surface area contributed by atoms with Crippen LogP contribution in [-0.4, -0.2) is 47.2 Å². The van der Waals surface area contributed by atoms with E-state index in [1.165, 1.54) is 6.07 Å². The van der Waals surface area contributed by atoms with E-state index in [2.05, 4.69) is 14.9 Å². The molecule has 2 heterocycles. The highest BCUT2D eigenvalue weighted by atomic mass is 32.2. The third-order valence-corrected chi connectivity index (χ3v) is 7.19. The second kappa shape index (κ2) is 9.79. The lowest BCUT2D eigenvalue weighted by molar-refractivity contribution is -0.124. The number of hydrogen-bond donors (Lipinski definition) is 2. The number of carbonyl (C=O) groups excluding carboxylic acids is 1. The van der Waals surface area contributed by atoms with Gasteiger partial charge in [-0.15, -0.1) is 0 Å². The Balaban J connectivity index is 1.64. The molecule has 172 valence electrons. The number of ether oxygens (including phenoxy) is 2. The van der Waals surface area contributed by atoms with Crippen LogP contribution in [0.2, 0.25) is 0 Å². The van der Waals surface area contributed by atoms with Gasteiger partial charge in [-0.25, -0.2) is 8.42 Å². The van der Waals surface area contributed by atoms with Gasteiger partial charge in [0.2, 0.25) is 0 Å². The van der Waals surface area contributed by atoms with Crippen LogP contribution in [0.3, 0.4) is 0 Å². The van der Waals surface area contributed by atoms with Gasteiger partial charge in [-0.1, -0.05) is 0 Å². The largest absolute Gasteiger partial charge is 0.497 e. The number of rotatable bonds is 7. The Bertz CT molecular complexity index is 1040. The molecule has 0 radical (unpaired) electrons. The quantitative estimate of drug-likeness (QED) is 0.657. The zero-order valence-electron chi connectivity index (χ0n) is 18.2. The van der Waals surface area contributed by atoms with E-state index in [0.717, 1.165) is 38.8 Å². The molecule has 2 aromatic rings. The van der Waals surface area contributed by atoms with Crippen LogP contribution in [0.4, 0.5) is 17.1 Å². The topological polar surface area (TPSA) is 97.0 Å². The number of nitrogens with one attached hydrogen (secondary N) is 2. The van der Waals surface area contributed by atoms with Gasteiger partial charge in [0.15, 0.2) is 0 Å². The fourth-order valence-corrected chi connectivity index (χ4v) is 5.39. The number of amides is 1. The number of nitrogens with zero attached hydrogens (tertiary/aromatic N) is 1. The van der Waals surface area contributed by atoms with E-state index in [-0.39, 0.29) is 10.8 Å². The van der Waals surface area contributed by atoms with Crippen molar-refractivity contribution in [2.75, 3.05) is 41.7 Å². The van der Waals surface area contributed by atoms with E-state index in [1.54, 1.807) is 43.5 Å². The SMILES string of the molecule is COc1ccc(NS(=O)(=O)c2cc(NC(=O)[C@@H]3CCCO3)ccc2N2CCCCC2)cc1. The molecule has 2 aromatic carbocycles. The van der Waals surface area contributed by atoms with Crippen molar-refractivity contribution in [2.45, 2.75) is 43.1 Å². The second-order valence-electron chi connectivity index (χ2n) is 8.06. The first-order chi connectivity index (χ1) is 15.5. The molecule has 1 amide bonds. The van der Waals surface area contributed by atoms with E-state index in [4.69, 9.17) is 9.47 Å². The van der Waals surface area contributed by atoms with Crippen LogP contribution in [0.1, 0.15) is 32.1 Å². The highest BCUT2D eigenvalue weighted by molar-refractivity contribution is 7.92. The summed E-state index contributed by atoms with van der Waals surface area (Å²) in [7, 11) is -2.35. The Morgan fingerprint density at radius 1 is 1.03 bits per heavy atom. The molecule has 32 heavy (non-hydrogen) atoms. The van der Waals surface area contributed by atoms with E-state index in [1.807, 2.05) is 0 Å². The minimum absolute atomic E-state index is 0.139. The molecule has 2 N–H and O–H groups in total. The predicted molar refractivity (Wildman–Crippen MR) is 124 cm³/mol. The fraction of sp³-hybridized carbons (Fsp3) is 0.435. The third-order valence-electron chi connectivity index (χ3n) is 5.78. The Morgan fingerprint density at radius 3 is 2.41 bits per heavy atom. The van der Waals surface area contributed by atoms with Gasteiger partial charge in [0.25, 0.3) is 15.9 Å². The van der Waals surface area contributed by atoms with Crippen molar-refractivity contribution >= 4 is 33.0 Å². The monoisotopic (exact) mass is 459 g/mol. The van der Waals surface area contributed by atoms with Crippen molar-refractivity contribution < 1.29 is 22.7 Å². The minimum Gasteiger partial charge on any atom is -0.497 e. The fourth-order valence-electron chi connectivity index (χ4n) is 4.08. The third kappa shape index (κ3) is 5.16. The van der Waals surface area contributed by atoms with Crippen molar-refractivity contribution in [1.82, 2.24) is 0 Å². The Hall–Kier alpha value is -2.78. The van der Waals surface area contributed by atoms with E-state index in [0.29, 0.717) is 35.8 Å². The first-order valence-corrected chi connectivity index (χ1v) is 12.4. The zero-order chi connectivity index (χ0) is 22.6. The van der Waals surface area contributed by atoms with Gasteiger partial charge < -0.3 is 19.7 Å². The van der Waals surface area contributed by atoms with Gasteiger partial charge in [0.1, 0.15) is 16.7 Å². The highest BCUT2D eigenvalue weighted by Crippen LogP contribution is 2.32. The molecule has 8 nitrogen and oxygen atoms in total. The van der Waals surface area contributed by atoms with Crippen LogP contribution in [0, 0.1) is 0 Å². The van der Waals surface area contributed by atoms with Gasteiger partial charge in [0, 0.05) is 31.1 Å². The standard InChI is InChI=1S/C23H29N3O5S/c1-30-19-10-7-17(8-11-19)25-32(28,29)22-16-18(24-23(27)21-6-5-15-31-21)9-12-20(22)26-13-3-2-4-14-26/h7-12,16,21,25H,2-6,13-15H2,1H3,(H,24,27)/t21-/m0/s1. The Morgan fingerprint density at radius 2 is 1.75 bits per heavy atom. The lowest BCUT2D eigenvalue weighted by atomic mass is 10.1. The first-order valence-electron chi connectivity index (χ1n) is 10.9. The van der Waals surface area contributed by atoms with Gasteiger partial charge in [-0.3, -0.25) is 9.52 Å². The molecule has 2 aliphatic heterocycles. The normalized spacial score (nSPS) is 18.9. The molecule has 0 aromatic heterocycles. The molecule has 1 atom stereocenters. The summed E-state index contributed by atoms with van der Waals surface area (Å²) in [5.41, 5.74) is 1.51. The molecule has 2 fully saturated rings. The molecular weight excluding hydrogens is 430 g/mol. The van der Waals surface area contributed by atoms with Gasteiger partial charge in [0.05, 0.1) is 12.8 Å². The number of sulfonamides is 1. The maximum Gasteiger partial charge on any atom is 0.264 e. The van der Waals surface area contributed by atoms with Crippen molar-refractivity contribution in [2.24, 2.45) is 0 Å². The molecule has 0 bridgehead atoms. The van der Waals surface area contributed by atoms with Crippen molar-refractivity contribution in [3.63, 3.8) is 0 Å². The Labute approximate surface area is 189 Å². The smallest absolute Gasteiger partial charge is 0.264 e. The molecule has 2 saturated heterocycles. The number of hydrogen-bond acceptors (Lipinski definition) is 6. The maximum absolute atomic E-state index is 13.4. The van der Waals surface area contributed by atoms with Crippen LogP contribution in [0.25, 0.3) is 0 Å². The van der Waals surface area contributed by atoms with Crippen LogP contribution in [0.5, 0.6) is 5.75 Å². The zero-order valence-corrected chi connectivity index (χ0v) is 19.0. The molecule has 0 spiro atoms. The number of piperidine rings is 1. The average Bonchev–Trinajstić information content (AvgIpc) is 3.35. The minimum atomic E-state index is -3.91. The maximum atomic E-state index is 13.4. The molecule has 2 aliphatic rings. The van der Waals surface area contributed by atoms with Gasteiger partial charge >= 0.3 is 0 Å². The van der Waals surface area contributed by atoms with Crippen LogP contribution in [-0.2, 0) is 19.6 Å². The van der Waals surface area contributed by atoms with Gasteiger partial charge in [-0.2, -0.15) is 0 Å². The lowest BCUT2D eigenvalue weighted by Gasteiger charge is -2.30. The molecule has 9 heteroatoms. The number of methoxy groups -OCH3 is 1.